The topological polar surface area (TPSA) is 84.1 Å². The van der Waals surface area contributed by atoms with Crippen molar-refractivity contribution in [2.45, 2.75) is 51.2 Å². The van der Waals surface area contributed by atoms with E-state index in [1.54, 1.807) is 11.3 Å². The number of aryl methyl sites for hydroxylation is 2. The van der Waals surface area contributed by atoms with E-state index in [-0.39, 0.29) is 11.5 Å². The molecule has 0 fully saturated rings. The molecular formula is C24H29N3O3S2. The van der Waals surface area contributed by atoms with E-state index in [2.05, 4.69) is 22.2 Å². The van der Waals surface area contributed by atoms with Crippen LogP contribution in [0.5, 0.6) is 5.75 Å². The van der Waals surface area contributed by atoms with Crippen LogP contribution in [0, 0.1) is 0 Å². The van der Waals surface area contributed by atoms with Gasteiger partial charge in [0, 0.05) is 11.4 Å². The average molecular weight is 472 g/mol. The number of hydrogen-bond acceptors (Lipinski definition) is 6. The van der Waals surface area contributed by atoms with Gasteiger partial charge >= 0.3 is 0 Å². The van der Waals surface area contributed by atoms with E-state index >= 15 is 0 Å². The largest absolute Gasteiger partial charge is 0.494 e. The van der Waals surface area contributed by atoms with E-state index in [1.807, 2.05) is 24.3 Å². The standard InChI is InChI=1S/C24H29N3O3S2/c1-2-3-13-30-17-9-7-16(8-10-17)11-12-25-21(28)15-31-14-20-26-23(29)22-18-5-4-6-19(18)32-24(22)27-20/h7-10H,2-6,11-15H2,1H3,(H,25,28)(H,26,27,29). The van der Waals surface area contributed by atoms with Crippen molar-refractivity contribution in [3.05, 3.63) is 56.4 Å². The van der Waals surface area contributed by atoms with Gasteiger partial charge in [-0.2, -0.15) is 0 Å². The predicted octanol–water partition coefficient (Wildman–Crippen LogP) is 4.24. The van der Waals surface area contributed by atoms with Crippen LogP contribution in [0.1, 0.15) is 48.0 Å². The summed E-state index contributed by atoms with van der Waals surface area (Å²) < 4.78 is 5.67. The smallest absolute Gasteiger partial charge is 0.259 e. The third kappa shape index (κ3) is 5.72. The molecule has 1 aromatic carbocycles. The molecule has 1 aliphatic carbocycles. The number of benzene rings is 1. The van der Waals surface area contributed by atoms with Crippen molar-refractivity contribution in [3.63, 3.8) is 0 Å². The second-order valence-corrected chi connectivity index (χ2v) is 10.1. The van der Waals surface area contributed by atoms with E-state index < -0.39 is 0 Å². The van der Waals surface area contributed by atoms with Crippen molar-refractivity contribution in [1.82, 2.24) is 15.3 Å². The number of thiophene rings is 1. The number of ether oxygens (including phenoxy) is 1. The molecule has 0 spiro atoms. The van der Waals surface area contributed by atoms with E-state index in [9.17, 15) is 9.59 Å². The first-order chi connectivity index (χ1) is 15.6. The Morgan fingerprint density at radius 3 is 2.94 bits per heavy atom. The van der Waals surface area contributed by atoms with Gasteiger partial charge in [-0.15, -0.1) is 23.1 Å². The lowest BCUT2D eigenvalue weighted by molar-refractivity contribution is -0.118. The summed E-state index contributed by atoms with van der Waals surface area (Å²) in [6.45, 7) is 3.48. The lowest BCUT2D eigenvalue weighted by Crippen LogP contribution is -2.27. The zero-order valence-corrected chi connectivity index (χ0v) is 20.0. The monoisotopic (exact) mass is 471 g/mol. The molecule has 0 radical (unpaired) electrons. The maximum atomic E-state index is 12.5. The van der Waals surface area contributed by atoms with Gasteiger partial charge in [-0.3, -0.25) is 9.59 Å². The van der Waals surface area contributed by atoms with Gasteiger partial charge in [-0.1, -0.05) is 25.5 Å². The third-order valence-electron chi connectivity index (χ3n) is 5.52. The lowest BCUT2D eigenvalue weighted by atomic mass is 10.1. The normalized spacial score (nSPS) is 12.8. The highest BCUT2D eigenvalue weighted by atomic mass is 32.2. The maximum Gasteiger partial charge on any atom is 0.259 e. The summed E-state index contributed by atoms with van der Waals surface area (Å²) in [5, 5.41) is 3.73. The number of nitrogens with zero attached hydrogens (tertiary/aromatic N) is 1. The second kappa shape index (κ2) is 11.0. The van der Waals surface area contributed by atoms with Crippen molar-refractivity contribution >= 4 is 39.2 Å². The molecule has 1 aliphatic rings. The number of carbonyl (C=O) groups excluding carboxylic acids is 1. The van der Waals surface area contributed by atoms with Crippen LogP contribution >= 0.6 is 23.1 Å². The minimum absolute atomic E-state index is 0.00644. The molecule has 2 N–H and O–H groups in total. The van der Waals surface area contributed by atoms with Crippen LogP contribution in [0.25, 0.3) is 10.2 Å². The van der Waals surface area contributed by atoms with Crippen LogP contribution in [0.4, 0.5) is 0 Å². The molecule has 32 heavy (non-hydrogen) atoms. The highest BCUT2D eigenvalue weighted by Gasteiger charge is 2.21. The molecule has 0 unspecified atom stereocenters. The first-order valence-electron chi connectivity index (χ1n) is 11.2. The fraction of sp³-hybridized carbons (Fsp3) is 0.458. The first kappa shape index (κ1) is 22.9. The van der Waals surface area contributed by atoms with E-state index in [4.69, 9.17) is 4.74 Å². The van der Waals surface area contributed by atoms with Crippen LogP contribution in [0.2, 0.25) is 0 Å². The Morgan fingerprint density at radius 1 is 1.28 bits per heavy atom. The Bertz CT molecular complexity index is 1120. The van der Waals surface area contributed by atoms with Gasteiger partial charge in [0.1, 0.15) is 16.4 Å². The number of thioether (sulfide) groups is 1. The number of H-pyrrole nitrogens is 1. The number of carbonyl (C=O) groups is 1. The zero-order chi connectivity index (χ0) is 22.3. The molecule has 0 atom stereocenters. The summed E-state index contributed by atoms with van der Waals surface area (Å²) in [6, 6.07) is 8.05. The SMILES string of the molecule is CCCCOc1ccc(CCNC(=O)CSCc2nc3sc4c(c3c(=O)[nH]2)CCC4)cc1. The van der Waals surface area contributed by atoms with Gasteiger partial charge in [0.15, 0.2) is 0 Å². The summed E-state index contributed by atoms with van der Waals surface area (Å²) in [7, 11) is 0. The van der Waals surface area contributed by atoms with Crippen LogP contribution < -0.4 is 15.6 Å². The third-order valence-corrected chi connectivity index (χ3v) is 7.65. The summed E-state index contributed by atoms with van der Waals surface area (Å²) >= 11 is 3.10. The Hall–Kier alpha value is -2.32. The molecule has 2 heterocycles. The minimum atomic E-state index is -0.0452. The zero-order valence-electron chi connectivity index (χ0n) is 18.4. The van der Waals surface area contributed by atoms with Gasteiger partial charge in [-0.05, 0) is 55.4 Å². The molecule has 3 aromatic rings. The lowest BCUT2D eigenvalue weighted by Gasteiger charge is -2.08. The first-order valence-corrected chi connectivity index (χ1v) is 13.2. The molecule has 0 saturated heterocycles. The van der Waals surface area contributed by atoms with Crippen molar-refractivity contribution < 1.29 is 9.53 Å². The molecular weight excluding hydrogens is 442 g/mol. The van der Waals surface area contributed by atoms with Gasteiger partial charge in [0.2, 0.25) is 5.91 Å². The Kier molecular flexibility index (Phi) is 7.86. The van der Waals surface area contributed by atoms with Crippen LogP contribution in [0.15, 0.2) is 29.1 Å². The molecule has 4 rings (SSSR count). The summed E-state index contributed by atoms with van der Waals surface area (Å²) in [4.78, 5) is 34.3. The highest BCUT2D eigenvalue weighted by molar-refractivity contribution is 7.99. The minimum Gasteiger partial charge on any atom is -0.494 e. The number of nitrogens with one attached hydrogen (secondary N) is 2. The number of aromatic amines is 1. The predicted molar refractivity (Wildman–Crippen MR) is 132 cm³/mol. The van der Waals surface area contributed by atoms with Crippen molar-refractivity contribution in [3.8, 4) is 5.75 Å². The van der Waals surface area contributed by atoms with Crippen molar-refractivity contribution in [2.75, 3.05) is 18.9 Å². The summed E-state index contributed by atoms with van der Waals surface area (Å²) in [5.74, 6) is 2.38. The maximum absolute atomic E-state index is 12.5. The molecule has 2 aromatic heterocycles. The van der Waals surface area contributed by atoms with E-state index in [0.29, 0.717) is 23.9 Å². The number of aromatic nitrogens is 2. The van der Waals surface area contributed by atoms with Crippen molar-refractivity contribution in [2.24, 2.45) is 0 Å². The van der Waals surface area contributed by atoms with Gasteiger partial charge in [-0.25, -0.2) is 4.98 Å². The van der Waals surface area contributed by atoms with Gasteiger partial charge in [0.05, 0.1) is 23.5 Å². The number of fused-ring (bicyclic) bond motifs is 3. The van der Waals surface area contributed by atoms with Crippen molar-refractivity contribution in [1.29, 1.82) is 0 Å². The molecule has 6 nitrogen and oxygen atoms in total. The number of unbranched alkanes of at least 4 members (excludes halogenated alkanes) is 1. The number of hydrogen-bond donors (Lipinski definition) is 2. The molecule has 0 bridgehead atoms. The van der Waals surface area contributed by atoms with Crippen LogP contribution in [0.3, 0.4) is 0 Å². The van der Waals surface area contributed by atoms with Crippen LogP contribution in [-0.4, -0.2) is 34.8 Å². The highest BCUT2D eigenvalue weighted by Crippen LogP contribution is 2.34. The second-order valence-electron chi connectivity index (χ2n) is 7.99. The summed E-state index contributed by atoms with van der Waals surface area (Å²) in [5.41, 5.74) is 2.31. The molecule has 8 heteroatoms. The molecule has 1 amide bonds. The fourth-order valence-electron chi connectivity index (χ4n) is 3.84. The average Bonchev–Trinajstić information content (AvgIpc) is 3.36. The number of amides is 1. The fourth-order valence-corrected chi connectivity index (χ4v) is 5.84. The quantitative estimate of drug-likeness (QED) is 0.409. The van der Waals surface area contributed by atoms with E-state index in [0.717, 1.165) is 61.1 Å². The molecule has 0 saturated carbocycles. The Balaban J connectivity index is 1.18. The molecule has 0 aliphatic heterocycles. The van der Waals surface area contributed by atoms with E-state index in [1.165, 1.54) is 27.8 Å². The Labute approximate surface area is 196 Å². The van der Waals surface area contributed by atoms with Gasteiger partial charge < -0.3 is 15.0 Å². The summed E-state index contributed by atoms with van der Waals surface area (Å²) in [6.07, 6.45) is 6.11. The van der Waals surface area contributed by atoms with Gasteiger partial charge in [0.25, 0.3) is 5.56 Å². The molecule has 170 valence electrons. The number of rotatable bonds is 11. The van der Waals surface area contributed by atoms with Crippen LogP contribution in [-0.2, 0) is 29.8 Å². The Morgan fingerprint density at radius 2 is 2.12 bits per heavy atom.